The van der Waals surface area contributed by atoms with E-state index in [4.69, 9.17) is 4.42 Å². The van der Waals surface area contributed by atoms with Crippen molar-refractivity contribution in [1.29, 1.82) is 0 Å². The first-order valence-corrected chi connectivity index (χ1v) is 12.2. The molecule has 5 nitrogen and oxygen atoms in total. The summed E-state index contributed by atoms with van der Waals surface area (Å²) in [7, 11) is 0. The number of carbonyl (C=O) groups is 1. The molecule has 7 heteroatoms. The highest BCUT2D eigenvalue weighted by Gasteiger charge is 2.26. The van der Waals surface area contributed by atoms with Crippen molar-refractivity contribution < 1.29 is 13.6 Å². The number of hydrogen-bond donors (Lipinski definition) is 1. The zero-order valence-electron chi connectivity index (χ0n) is 18.3. The number of imidazole rings is 1. The van der Waals surface area contributed by atoms with Gasteiger partial charge in [-0.2, -0.15) is 0 Å². The van der Waals surface area contributed by atoms with Gasteiger partial charge in [-0.15, -0.1) is 11.8 Å². The number of halogens is 1. The molecule has 1 saturated carbocycles. The molecule has 0 atom stereocenters. The van der Waals surface area contributed by atoms with Crippen molar-refractivity contribution in [3.8, 4) is 22.7 Å². The van der Waals surface area contributed by atoms with Crippen molar-refractivity contribution in [2.45, 2.75) is 36.6 Å². The first-order chi connectivity index (χ1) is 16.1. The van der Waals surface area contributed by atoms with E-state index in [9.17, 15) is 9.18 Å². The minimum atomic E-state index is -0.310. The Morgan fingerprint density at radius 2 is 1.91 bits per heavy atom. The molecule has 168 valence electrons. The molecule has 0 spiro atoms. The number of amides is 1. The van der Waals surface area contributed by atoms with E-state index in [-0.39, 0.29) is 17.5 Å². The molecule has 0 bridgehead atoms. The molecule has 0 radical (unpaired) electrons. The van der Waals surface area contributed by atoms with Crippen LogP contribution in [0, 0.1) is 5.82 Å². The minimum Gasteiger partial charge on any atom is -0.449 e. The second-order valence-electron chi connectivity index (χ2n) is 8.14. The van der Waals surface area contributed by atoms with E-state index in [2.05, 4.69) is 14.9 Å². The Hall–Kier alpha value is -3.32. The van der Waals surface area contributed by atoms with Gasteiger partial charge < -0.3 is 14.3 Å². The molecule has 0 saturated heterocycles. The molecule has 0 unspecified atom stereocenters. The Morgan fingerprint density at radius 3 is 2.67 bits per heavy atom. The maximum Gasteiger partial charge on any atom is 0.291 e. The zero-order valence-corrected chi connectivity index (χ0v) is 19.1. The van der Waals surface area contributed by atoms with Crippen LogP contribution >= 0.6 is 11.8 Å². The number of thioether (sulfide) groups is 1. The standard InChI is InChI=1S/C26H24FN3O2S/c1-33-21-8-4-5-19(15-21)29-26(31)23-14-13-22(32-23)25-24(17-9-11-18(27)12-10-17)28-16-30(25)20-6-2-3-7-20/h4-5,8-16,20H,2-3,6-7H2,1H3,(H,29,31). The molecule has 1 aliphatic carbocycles. The largest absolute Gasteiger partial charge is 0.449 e. The summed E-state index contributed by atoms with van der Waals surface area (Å²) in [6.45, 7) is 0. The molecule has 5 rings (SSSR count). The van der Waals surface area contributed by atoms with Crippen LogP contribution in [0.4, 0.5) is 10.1 Å². The van der Waals surface area contributed by atoms with Crippen LogP contribution in [0.2, 0.25) is 0 Å². The molecule has 4 aromatic rings. The second kappa shape index (κ2) is 9.27. The lowest BCUT2D eigenvalue weighted by Gasteiger charge is -2.15. The summed E-state index contributed by atoms with van der Waals surface area (Å²) in [4.78, 5) is 18.6. The van der Waals surface area contributed by atoms with Crippen LogP contribution in [-0.2, 0) is 0 Å². The highest BCUT2D eigenvalue weighted by Crippen LogP contribution is 2.39. The number of hydrogen-bond acceptors (Lipinski definition) is 4. The van der Waals surface area contributed by atoms with Gasteiger partial charge in [-0.25, -0.2) is 9.37 Å². The van der Waals surface area contributed by atoms with Crippen LogP contribution in [-0.4, -0.2) is 21.7 Å². The molecule has 33 heavy (non-hydrogen) atoms. The van der Waals surface area contributed by atoms with E-state index in [0.717, 1.165) is 34.7 Å². The van der Waals surface area contributed by atoms with Gasteiger partial charge in [0.2, 0.25) is 0 Å². The maximum absolute atomic E-state index is 13.5. The topological polar surface area (TPSA) is 60.1 Å². The minimum absolute atomic E-state index is 0.226. The van der Waals surface area contributed by atoms with Gasteiger partial charge in [0.05, 0.1) is 12.0 Å². The third-order valence-electron chi connectivity index (χ3n) is 6.02. The van der Waals surface area contributed by atoms with Gasteiger partial charge in [-0.05, 0) is 73.7 Å². The monoisotopic (exact) mass is 461 g/mol. The van der Waals surface area contributed by atoms with Gasteiger partial charge in [0.15, 0.2) is 11.5 Å². The summed E-state index contributed by atoms with van der Waals surface area (Å²) in [5.41, 5.74) is 3.06. The Morgan fingerprint density at radius 1 is 1.12 bits per heavy atom. The fourth-order valence-electron chi connectivity index (χ4n) is 4.36. The predicted molar refractivity (Wildman–Crippen MR) is 129 cm³/mol. The number of aromatic nitrogens is 2. The van der Waals surface area contributed by atoms with E-state index < -0.39 is 0 Å². The first kappa shape index (κ1) is 21.5. The molecule has 2 aromatic heterocycles. The summed E-state index contributed by atoms with van der Waals surface area (Å²) in [5, 5.41) is 2.90. The van der Waals surface area contributed by atoms with Crippen molar-refractivity contribution in [3.63, 3.8) is 0 Å². The Balaban J connectivity index is 1.49. The Kier molecular flexibility index (Phi) is 6.05. The van der Waals surface area contributed by atoms with E-state index in [1.54, 1.807) is 30.0 Å². The third kappa shape index (κ3) is 4.46. The van der Waals surface area contributed by atoms with Crippen LogP contribution < -0.4 is 5.32 Å². The lowest BCUT2D eigenvalue weighted by atomic mass is 10.1. The van der Waals surface area contributed by atoms with Crippen molar-refractivity contribution in [1.82, 2.24) is 9.55 Å². The molecule has 1 aliphatic rings. The van der Waals surface area contributed by atoms with Crippen molar-refractivity contribution in [3.05, 3.63) is 78.6 Å². The van der Waals surface area contributed by atoms with Crippen LogP contribution in [0.25, 0.3) is 22.7 Å². The van der Waals surface area contributed by atoms with Gasteiger partial charge in [0.1, 0.15) is 11.5 Å². The van der Waals surface area contributed by atoms with E-state index >= 15 is 0 Å². The maximum atomic E-state index is 13.5. The predicted octanol–water partition coefficient (Wildman–Crippen LogP) is 7.04. The summed E-state index contributed by atoms with van der Waals surface area (Å²) in [5.74, 6) is 0.193. The number of rotatable bonds is 6. The van der Waals surface area contributed by atoms with Crippen molar-refractivity contribution in [2.75, 3.05) is 11.6 Å². The molecule has 0 aliphatic heterocycles. The van der Waals surface area contributed by atoms with Gasteiger partial charge in [0.25, 0.3) is 5.91 Å². The molecular formula is C26H24FN3O2S. The molecule has 1 amide bonds. The van der Waals surface area contributed by atoms with E-state index in [1.807, 2.05) is 42.9 Å². The lowest BCUT2D eigenvalue weighted by Crippen LogP contribution is -2.10. The average molecular weight is 462 g/mol. The number of furan rings is 1. The van der Waals surface area contributed by atoms with Gasteiger partial charge >= 0.3 is 0 Å². The molecule has 1 N–H and O–H groups in total. The highest BCUT2D eigenvalue weighted by atomic mass is 32.2. The van der Waals surface area contributed by atoms with E-state index in [1.165, 1.54) is 25.0 Å². The number of benzene rings is 2. The van der Waals surface area contributed by atoms with Crippen LogP contribution in [0.5, 0.6) is 0 Å². The molecule has 1 fully saturated rings. The Labute approximate surface area is 196 Å². The van der Waals surface area contributed by atoms with Gasteiger partial charge in [0, 0.05) is 22.2 Å². The van der Waals surface area contributed by atoms with Crippen molar-refractivity contribution in [2.24, 2.45) is 0 Å². The smallest absolute Gasteiger partial charge is 0.291 e. The molecule has 2 aromatic carbocycles. The van der Waals surface area contributed by atoms with Crippen LogP contribution in [0.15, 0.2) is 76.3 Å². The normalized spacial score (nSPS) is 14.0. The number of carbonyl (C=O) groups excluding carboxylic acids is 1. The summed E-state index contributed by atoms with van der Waals surface area (Å²) < 4.78 is 21.7. The zero-order chi connectivity index (χ0) is 22.8. The fraction of sp³-hybridized carbons (Fsp3) is 0.231. The second-order valence-corrected chi connectivity index (χ2v) is 9.02. The summed E-state index contributed by atoms with van der Waals surface area (Å²) in [6, 6.07) is 17.8. The molecule has 2 heterocycles. The Bertz CT molecular complexity index is 1270. The first-order valence-electron chi connectivity index (χ1n) is 11.0. The number of nitrogens with zero attached hydrogens (tertiary/aromatic N) is 2. The average Bonchev–Trinajstić information content (AvgIpc) is 3.59. The lowest BCUT2D eigenvalue weighted by molar-refractivity contribution is 0.0997. The van der Waals surface area contributed by atoms with Crippen LogP contribution in [0.3, 0.4) is 0 Å². The third-order valence-corrected chi connectivity index (χ3v) is 6.75. The molecular weight excluding hydrogens is 437 g/mol. The van der Waals surface area contributed by atoms with Crippen LogP contribution in [0.1, 0.15) is 42.3 Å². The van der Waals surface area contributed by atoms with Crippen molar-refractivity contribution >= 4 is 23.4 Å². The quantitative estimate of drug-likeness (QED) is 0.313. The van der Waals surface area contributed by atoms with Gasteiger partial charge in [-0.1, -0.05) is 18.9 Å². The van der Waals surface area contributed by atoms with Gasteiger partial charge in [-0.3, -0.25) is 4.79 Å². The highest BCUT2D eigenvalue weighted by molar-refractivity contribution is 7.98. The number of anilines is 1. The summed E-state index contributed by atoms with van der Waals surface area (Å²) >= 11 is 1.61. The van der Waals surface area contributed by atoms with E-state index in [0.29, 0.717) is 17.5 Å². The SMILES string of the molecule is CSc1cccc(NC(=O)c2ccc(-c3c(-c4ccc(F)cc4)ncn3C3CCCC3)o2)c1. The number of nitrogens with one attached hydrogen (secondary N) is 1. The summed E-state index contributed by atoms with van der Waals surface area (Å²) in [6.07, 6.45) is 8.33. The fourth-order valence-corrected chi connectivity index (χ4v) is 4.82.